The van der Waals surface area contributed by atoms with Crippen molar-refractivity contribution >= 4 is 23.2 Å². The fraction of sp³-hybridized carbons (Fsp3) is 0.389. The third-order valence-electron chi connectivity index (χ3n) is 4.70. The van der Waals surface area contributed by atoms with Crippen LogP contribution in [0, 0.1) is 5.82 Å². The average Bonchev–Trinajstić information content (AvgIpc) is 2.65. The molecule has 0 saturated heterocycles. The number of amides is 1. The number of aromatic nitrogens is 2. The quantitative estimate of drug-likeness (QED) is 0.560. The highest BCUT2D eigenvalue weighted by Gasteiger charge is 2.32. The maximum atomic E-state index is 14.5. The number of carbonyl (C=O) groups excluding carboxylic acids is 1. The lowest BCUT2D eigenvalue weighted by Crippen LogP contribution is -2.43. The van der Waals surface area contributed by atoms with Gasteiger partial charge in [-0.05, 0) is 31.0 Å². The number of carbonyl (C=O) groups is 1. The van der Waals surface area contributed by atoms with Crippen molar-refractivity contribution in [3.63, 3.8) is 0 Å². The third kappa shape index (κ3) is 4.91. The Morgan fingerprint density at radius 1 is 1.17 bits per heavy atom. The van der Waals surface area contributed by atoms with Crippen LogP contribution in [0.25, 0.3) is 0 Å². The van der Waals surface area contributed by atoms with Gasteiger partial charge in [0.15, 0.2) is 11.6 Å². The Morgan fingerprint density at radius 3 is 2.48 bits per heavy atom. The third-order valence-corrected chi connectivity index (χ3v) is 4.70. The summed E-state index contributed by atoms with van der Waals surface area (Å²) in [5.74, 6) is -1.96. The number of primary amides is 1. The summed E-state index contributed by atoms with van der Waals surface area (Å²) in [7, 11) is 0. The molecule has 156 valence electrons. The summed E-state index contributed by atoms with van der Waals surface area (Å²) >= 11 is 0. The Morgan fingerprint density at radius 2 is 1.90 bits per heavy atom. The van der Waals surface area contributed by atoms with Crippen LogP contribution in [0.4, 0.5) is 34.9 Å². The Kier molecular flexibility index (Phi) is 5.87. The van der Waals surface area contributed by atoms with Crippen LogP contribution < -0.4 is 22.1 Å². The van der Waals surface area contributed by atoms with Crippen LogP contribution in [0.3, 0.4) is 0 Å². The van der Waals surface area contributed by atoms with E-state index < -0.39 is 23.6 Å². The molecule has 1 aliphatic carbocycles. The Balaban J connectivity index is 1.88. The van der Waals surface area contributed by atoms with Gasteiger partial charge in [-0.25, -0.2) is 14.4 Å². The summed E-state index contributed by atoms with van der Waals surface area (Å²) in [6.45, 7) is 0. The van der Waals surface area contributed by atoms with Gasteiger partial charge in [0.25, 0.3) is 5.91 Å². The van der Waals surface area contributed by atoms with Gasteiger partial charge in [0, 0.05) is 12.1 Å². The van der Waals surface area contributed by atoms with Gasteiger partial charge < -0.3 is 22.1 Å². The summed E-state index contributed by atoms with van der Waals surface area (Å²) in [5, 5.41) is 5.62. The van der Waals surface area contributed by atoms with Gasteiger partial charge in [-0.3, -0.25) is 4.79 Å². The molecule has 0 radical (unpaired) electrons. The minimum Gasteiger partial charge on any atom is -0.365 e. The van der Waals surface area contributed by atoms with Gasteiger partial charge in [0.05, 0.1) is 17.4 Å². The van der Waals surface area contributed by atoms with Gasteiger partial charge in [-0.15, -0.1) is 0 Å². The molecule has 11 heteroatoms. The van der Waals surface area contributed by atoms with E-state index in [0.717, 1.165) is 50.1 Å². The number of nitrogens with two attached hydrogens (primary N) is 2. The minimum atomic E-state index is -4.58. The molecule has 2 aromatic heterocycles. The molecule has 0 unspecified atom stereocenters. The van der Waals surface area contributed by atoms with E-state index in [0.29, 0.717) is 0 Å². The van der Waals surface area contributed by atoms with Gasteiger partial charge in [0.1, 0.15) is 11.5 Å². The lowest BCUT2D eigenvalue weighted by atomic mass is 9.91. The second-order valence-corrected chi connectivity index (χ2v) is 6.83. The zero-order valence-corrected chi connectivity index (χ0v) is 15.3. The Hall–Kier alpha value is -2.95. The van der Waals surface area contributed by atoms with Gasteiger partial charge in [-0.2, -0.15) is 13.2 Å². The highest BCUT2D eigenvalue weighted by Crippen LogP contribution is 2.29. The molecule has 29 heavy (non-hydrogen) atoms. The molecule has 7 nitrogen and oxygen atoms in total. The molecule has 3 rings (SSSR count). The predicted molar refractivity (Wildman–Crippen MR) is 99.1 cm³/mol. The molecule has 1 aliphatic rings. The number of anilines is 3. The van der Waals surface area contributed by atoms with Crippen molar-refractivity contribution in [1.82, 2.24) is 9.97 Å². The maximum absolute atomic E-state index is 14.5. The molecule has 1 saturated carbocycles. The number of nitrogens with zero attached hydrogens (tertiary/aromatic N) is 2. The summed E-state index contributed by atoms with van der Waals surface area (Å²) in [6, 6.07) is 2.46. The standard InChI is InChI=1S/C18H20F4N6O/c19-11-7-10(15(24)29)16(26-9-5-6-14(25-8-9)18(20,21)22)28-17(11)27-13-4-2-1-3-12(13)23/h5-8,12-13H,1-4,23H2,(H2,24,29)(H2,26,27,28)/t12-,13+/m0/s1. The molecule has 2 atom stereocenters. The van der Waals surface area contributed by atoms with Crippen molar-refractivity contribution in [3.05, 3.63) is 41.5 Å². The highest BCUT2D eigenvalue weighted by atomic mass is 19.4. The zero-order chi connectivity index (χ0) is 21.2. The molecule has 2 aromatic rings. The summed E-state index contributed by atoms with van der Waals surface area (Å²) < 4.78 is 52.4. The van der Waals surface area contributed by atoms with E-state index in [1.54, 1.807) is 0 Å². The van der Waals surface area contributed by atoms with Gasteiger partial charge >= 0.3 is 6.18 Å². The number of pyridine rings is 2. The van der Waals surface area contributed by atoms with Crippen LogP contribution in [0.15, 0.2) is 24.4 Å². The number of halogens is 4. The SMILES string of the molecule is NC(=O)c1cc(F)c(N[C@@H]2CCCC[C@@H]2N)nc1Nc1ccc(C(F)(F)F)nc1. The first kappa shape index (κ1) is 20.8. The fourth-order valence-electron chi connectivity index (χ4n) is 3.16. The van der Waals surface area contributed by atoms with Crippen molar-refractivity contribution < 1.29 is 22.4 Å². The molecule has 0 spiro atoms. The van der Waals surface area contributed by atoms with E-state index in [-0.39, 0.29) is 35.0 Å². The summed E-state index contributed by atoms with van der Waals surface area (Å²) in [6.07, 6.45) is -0.186. The van der Waals surface area contributed by atoms with E-state index in [4.69, 9.17) is 11.5 Å². The minimum absolute atomic E-state index is 0.104. The molecular weight excluding hydrogens is 392 g/mol. The fourth-order valence-corrected chi connectivity index (χ4v) is 3.16. The summed E-state index contributed by atoms with van der Waals surface area (Å²) in [5.41, 5.74) is 10.2. The van der Waals surface area contributed by atoms with Crippen LogP contribution in [-0.4, -0.2) is 28.0 Å². The monoisotopic (exact) mass is 412 g/mol. The van der Waals surface area contributed by atoms with E-state index in [2.05, 4.69) is 20.6 Å². The van der Waals surface area contributed by atoms with Crippen molar-refractivity contribution in [1.29, 1.82) is 0 Å². The molecule has 1 fully saturated rings. The largest absolute Gasteiger partial charge is 0.433 e. The lowest BCUT2D eigenvalue weighted by Gasteiger charge is -2.30. The van der Waals surface area contributed by atoms with Crippen molar-refractivity contribution in [3.8, 4) is 0 Å². The number of hydrogen-bond acceptors (Lipinski definition) is 6. The number of rotatable bonds is 5. The first-order valence-corrected chi connectivity index (χ1v) is 8.98. The Labute approximate surface area is 163 Å². The molecule has 0 aliphatic heterocycles. The normalized spacial score (nSPS) is 19.6. The first-order chi connectivity index (χ1) is 13.6. The summed E-state index contributed by atoms with van der Waals surface area (Å²) in [4.78, 5) is 19.1. The van der Waals surface area contributed by atoms with Crippen LogP contribution in [0.1, 0.15) is 41.7 Å². The van der Waals surface area contributed by atoms with Gasteiger partial charge in [0.2, 0.25) is 0 Å². The molecule has 2 heterocycles. The second-order valence-electron chi connectivity index (χ2n) is 6.83. The smallest absolute Gasteiger partial charge is 0.365 e. The highest BCUT2D eigenvalue weighted by molar-refractivity contribution is 5.98. The van der Waals surface area contributed by atoms with E-state index in [1.807, 2.05) is 0 Å². The van der Waals surface area contributed by atoms with E-state index in [1.165, 1.54) is 0 Å². The Bertz CT molecular complexity index is 887. The van der Waals surface area contributed by atoms with Crippen LogP contribution in [-0.2, 0) is 6.18 Å². The van der Waals surface area contributed by atoms with Crippen molar-refractivity contribution in [2.45, 2.75) is 43.9 Å². The molecule has 1 amide bonds. The van der Waals surface area contributed by atoms with Crippen LogP contribution in [0.2, 0.25) is 0 Å². The number of hydrogen-bond donors (Lipinski definition) is 4. The maximum Gasteiger partial charge on any atom is 0.433 e. The van der Waals surface area contributed by atoms with Crippen LogP contribution in [0.5, 0.6) is 0 Å². The average molecular weight is 412 g/mol. The lowest BCUT2D eigenvalue weighted by molar-refractivity contribution is -0.141. The number of alkyl halides is 3. The molecule has 0 aromatic carbocycles. The predicted octanol–water partition coefficient (Wildman–Crippen LogP) is 3.16. The van der Waals surface area contributed by atoms with E-state index >= 15 is 0 Å². The zero-order valence-electron chi connectivity index (χ0n) is 15.3. The molecule has 0 bridgehead atoms. The van der Waals surface area contributed by atoms with Crippen molar-refractivity contribution in [2.75, 3.05) is 10.6 Å². The van der Waals surface area contributed by atoms with Gasteiger partial charge in [-0.1, -0.05) is 12.8 Å². The van der Waals surface area contributed by atoms with Crippen molar-refractivity contribution in [2.24, 2.45) is 11.5 Å². The first-order valence-electron chi connectivity index (χ1n) is 8.98. The van der Waals surface area contributed by atoms with Crippen LogP contribution >= 0.6 is 0 Å². The van der Waals surface area contributed by atoms with E-state index in [9.17, 15) is 22.4 Å². The topological polar surface area (TPSA) is 119 Å². The second kappa shape index (κ2) is 8.19. The molecule has 6 N–H and O–H groups in total. The molecular formula is C18H20F4N6O. The number of nitrogens with one attached hydrogen (secondary N) is 2.